The fourth-order valence-electron chi connectivity index (χ4n) is 1.80. The molecule has 0 saturated carbocycles. The van der Waals surface area contributed by atoms with E-state index in [0.717, 1.165) is 19.6 Å². The van der Waals surface area contributed by atoms with Crippen LogP contribution >= 0.6 is 0 Å². The molecule has 0 aliphatic heterocycles. The highest BCUT2D eigenvalue weighted by Crippen LogP contribution is 2.05. The molecule has 90 valence electrons. The molecule has 0 radical (unpaired) electrons. The summed E-state index contributed by atoms with van der Waals surface area (Å²) in [5, 5.41) is 6.62. The molecule has 0 spiro atoms. The van der Waals surface area contributed by atoms with Crippen molar-refractivity contribution in [2.45, 2.75) is 26.2 Å². The summed E-state index contributed by atoms with van der Waals surface area (Å²) in [4.78, 5) is 0. The highest BCUT2D eigenvalue weighted by molar-refractivity contribution is 5.22. The summed E-state index contributed by atoms with van der Waals surface area (Å²) in [5.41, 5.74) is 2.82. The molecule has 16 heavy (non-hydrogen) atoms. The summed E-state index contributed by atoms with van der Waals surface area (Å²) in [6, 6.07) is 8.79. The fraction of sp³-hybridized carbons (Fsp3) is 0.571. The average molecular weight is 220 g/mol. The first-order chi connectivity index (χ1) is 7.83. The maximum atomic E-state index is 3.47. The Balaban J connectivity index is 2.03. The van der Waals surface area contributed by atoms with Crippen molar-refractivity contribution >= 4 is 0 Å². The molecule has 0 atom stereocenters. The molecular formula is C14H24N2. The third-order valence-corrected chi connectivity index (χ3v) is 2.68. The molecule has 0 aliphatic rings. The first kappa shape index (κ1) is 13.2. The standard InChI is InChI=1S/C14H24N2/c1-13-6-3-7-14(12-13)8-4-10-16-11-5-9-15-2/h3,6-7,12,15-16H,4-5,8-11H2,1-2H3. The Kier molecular flexibility index (Phi) is 6.86. The summed E-state index contributed by atoms with van der Waals surface area (Å²) in [6.07, 6.45) is 3.62. The minimum absolute atomic E-state index is 1.10. The lowest BCUT2D eigenvalue weighted by molar-refractivity contribution is 0.606. The Hall–Kier alpha value is -0.860. The van der Waals surface area contributed by atoms with E-state index in [0.29, 0.717) is 0 Å². The van der Waals surface area contributed by atoms with Gasteiger partial charge in [0.05, 0.1) is 0 Å². The Morgan fingerprint density at radius 2 is 1.88 bits per heavy atom. The monoisotopic (exact) mass is 220 g/mol. The molecule has 0 saturated heterocycles. The highest BCUT2D eigenvalue weighted by atomic mass is 14.9. The minimum atomic E-state index is 1.10. The quantitative estimate of drug-likeness (QED) is 0.656. The fourth-order valence-corrected chi connectivity index (χ4v) is 1.80. The van der Waals surface area contributed by atoms with Crippen molar-refractivity contribution in [3.05, 3.63) is 35.4 Å². The second kappa shape index (κ2) is 8.31. The normalized spacial score (nSPS) is 10.6. The molecule has 0 amide bonds. The zero-order chi connectivity index (χ0) is 11.6. The Labute approximate surface area is 99.5 Å². The summed E-state index contributed by atoms with van der Waals surface area (Å²) in [7, 11) is 2.00. The van der Waals surface area contributed by atoms with Gasteiger partial charge in [-0.15, -0.1) is 0 Å². The summed E-state index contributed by atoms with van der Waals surface area (Å²) in [6.45, 7) is 5.50. The number of benzene rings is 1. The number of nitrogens with one attached hydrogen (secondary N) is 2. The van der Waals surface area contributed by atoms with E-state index >= 15 is 0 Å². The molecule has 2 N–H and O–H groups in total. The van der Waals surface area contributed by atoms with Gasteiger partial charge in [0.2, 0.25) is 0 Å². The maximum Gasteiger partial charge on any atom is -0.00368 e. The van der Waals surface area contributed by atoms with E-state index in [2.05, 4.69) is 41.8 Å². The molecule has 1 rings (SSSR count). The van der Waals surface area contributed by atoms with E-state index in [-0.39, 0.29) is 0 Å². The Bertz CT molecular complexity index is 284. The van der Waals surface area contributed by atoms with Crippen molar-refractivity contribution in [2.75, 3.05) is 26.7 Å². The first-order valence-corrected chi connectivity index (χ1v) is 6.24. The van der Waals surface area contributed by atoms with Gasteiger partial charge in [0, 0.05) is 0 Å². The summed E-state index contributed by atoms with van der Waals surface area (Å²) < 4.78 is 0. The predicted octanol–water partition coefficient (Wildman–Crippen LogP) is 2.13. The maximum absolute atomic E-state index is 3.47. The SMILES string of the molecule is CNCCCNCCCc1cccc(C)c1. The lowest BCUT2D eigenvalue weighted by atomic mass is 10.1. The number of aryl methyl sites for hydroxylation is 2. The summed E-state index contributed by atoms with van der Waals surface area (Å²) in [5.74, 6) is 0. The van der Waals surface area contributed by atoms with E-state index in [1.54, 1.807) is 0 Å². The van der Waals surface area contributed by atoms with Crippen molar-refractivity contribution in [3.8, 4) is 0 Å². The highest BCUT2D eigenvalue weighted by Gasteiger charge is 1.93. The van der Waals surface area contributed by atoms with E-state index < -0.39 is 0 Å². The van der Waals surface area contributed by atoms with Gasteiger partial charge in [-0.2, -0.15) is 0 Å². The van der Waals surface area contributed by atoms with Crippen molar-refractivity contribution in [1.29, 1.82) is 0 Å². The number of hydrogen-bond donors (Lipinski definition) is 2. The largest absolute Gasteiger partial charge is 0.320 e. The van der Waals surface area contributed by atoms with Crippen LogP contribution in [0.1, 0.15) is 24.0 Å². The van der Waals surface area contributed by atoms with E-state index in [1.165, 1.54) is 30.4 Å². The number of hydrogen-bond acceptors (Lipinski definition) is 2. The molecule has 1 aromatic rings. The van der Waals surface area contributed by atoms with E-state index in [1.807, 2.05) is 7.05 Å². The summed E-state index contributed by atoms with van der Waals surface area (Å²) >= 11 is 0. The van der Waals surface area contributed by atoms with Crippen LogP contribution in [-0.2, 0) is 6.42 Å². The molecule has 2 nitrogen and oxygen atoms in total. The molecule has 2 heteroatoms. The van der Waals surface area contributed by atoms with Crippen molar-refractivity contribution in [2.24, 2.45) is 0 Å². The van der Waals surface area contributed by atoms with Crippen LogP contribution in [0, 0.1) is 6.92 Å². The van der Waals surface area contributed by atoms with Crippen molar-refractivity contribution in [3.63, 3.8) is 0 Å². The molecule has 0 bridgehead atoms. The lowest BCUT2D eigenvalue weighted by Gasteiger charge is -2.05. The lowest BCUT2D eigenvalue weighted by Crippen LogP contribution is -2.21. The van der Waals surface area contributed by atoms with Crippen LogP contribution in [0.2, 0.25) is 0 Å². The zero-order valence-electron chi connectivity index (χ0n) is 10.6. The van der Waals surface area contributed by atoms with Gasteiger partial charge in [-0.1, -0.05) is 29.8 Å². The van der Waals surface area contributed by atoms with Crippen LogP contribution < -0.4 is 10.6 Å². The van der Waals surface area contributed by atoms with Gasteiger partial charge in [0.15, 0.2) is 0 Å². The molecule has 0 unspecified atom stereocenters. The minimum Gasteiger partial charge on any atom is -0.320 e. The van der Waals surface area contributed by atoms with Crippen LogP contribution in [0.3, 0.4) is 0 Å². The Morgan fingerprint density at radius 1 is 1.06 bits per heavy atom. The van der Waals surface area contributed by atoms with Gasteiger partial charge in [-0.05, 0) is 58.4 Å². The Morgan fingerprint density at radius 3 is 2.62 bits per heavy atom. The second-order valence-corrected chi connectivity index (χ2v) is 4.30. The van der Waals surface area contributed by atoms with Gasteiger partial charge in [0.1, 0.15) is 0 Å². The molecule has 0 aromatic heterocycles. The molecule has 1 aromatic carbocycles. The molecule has 0 fully saturated rings. The third-order valence-electron chi connectivity index (χ3n) is 2.68. The molecular weight excluding hydrogens is 196 g/mol. The molecule has 0 heterocycles. The van der Waals surface area contributed by atoms with Gasteiger partial charge in [0.25, 0.3) is 0 Å². The molecule has 0 aliphatic carbocycles. The second-order valence-electron chi connectivity index (χ2n) is 4.30. The average Bonchev–Trinajstić information content (AvgIpc) is 2.28. The first-order valence-electron chi connectivity index (χ1n) is 6.24. The van der Waals surface area contributed by atoms with Gasteiger partial charge < -0.3 is 10.6 Å². The van der Waals surface area contributed by atoms with E-state index in [9.17, 15) is 0 Å². The van der Waals surface area contributed by atoms with Crippen LogP contribution in [-0.4, -0.2) is 26.7 Å². The van der Waals surface area contributed by atoms with Gasteiger partial charge in [-0.25, -0.2) is 0 Å². The van der Waals surface area contributed by atoms with Crippen molar-refractivity contribution < 1.29 is 0 Å². The smallest absolute Gasteiger partial charge is 0.00368 e. The zero-order valence-corrected chi connectivity index (χ0v) is 10.6. The topological polar surface area (TPSA) is 24.1 Å². The van der Waals surface area contributed by atoms with E-state index in [4.69, 9.17) is 0 Å². The van der Waals surface area contributed by atoms with Crippen LogP contribution in [0.25, 0.3) is 0 Å². The number of rotatable bonds is 8. The van der Waals surface area contributed by atoms with Crippen LogP contribution in [0.4, 0.5) is 0 Å². The third kappa shape index (κ3) is 5.89. The predicted molar refractivity (Wildman–Crippen MR) is 70.9 cm³/mol. The van der Waals surface area contributed by atoms with Gasteiger partial charge in [-0.3, -0.25) is 0 Å². The van der Waals surface area contributed by atoms with Crippen LogP contribution in [0.5, 0.6) is 0 Å². The van der Waals surface area contributed by atoms with Crippen LogP contribution in [0.15, 0.2) is 24.3 Å². The van der Waals surface area contributed by atoms with Gasteiger partial charge >= 0.3 is 0 Å². The van der Waals surface area contributed by atoms with Crippen molar-refractivity contribution in [1.82, 2.24) is 10.6 Å².